The summed E-state index contributed by atoms with van der Waals surface area (Å²) >= 11 is 6.24. The maximum absolute atomic E-state index is 6.24. The number of aryl methyl sites for hydroxylation is 2. The van der Waals surface area contributed by atoms with E-state index in [4.69, 9.17) is 17.3 Å². The number of aromatic nitrogens is 1. The highest BCUT2D eigenvalue weighted by molar-refractivity contribution is 6.31. The summed E-state index contributed by atoms with van der Waals surface area (Å²) in [5.41, 5.74) is 10.6. The fourth-order valence-corrected chi connectivity index (χ4v) is 2.43. The smallest absolute Gasteiger partial charge is 0.0456 e. The van der Waals surface area contributed by atoms with Crippen LogP contribution in [0.25, 0.3) is 0 Å². The molecule has 0 radical (unpaired) electrons. The summed E-state index contributed by atoms with van der Waals surface area (Å²) in [6, 6.07) is 10.0. The Labute approximate surface area is 119 Å². The third kappa shape index (κ3) is 3.55. The third-order valence-electron chi connectivity index (χ3n) is 3.28. The van der Waals surface area contributed by atoms with Gasteiger partial charge in [-0.05, 0) is 42.2 Å². The van der Waals surface area contributed by atoms with E-state index in [2.05, 4.69) is 18.0 Å². The van der Waals surface area contributed by atoms with Crippen LogP contribution in [0.3, 0.4) is 0 Å². The van der Waals surface area contributed by atoms with Gasteiger partial charge in [0.1, 0.15) is 0 Å². The lowest BCUT2D eigenvalue weighted by Gasteiger charge is -2.14. The van der Waals surface area contributed by atoms with Crippen LogP contribution in [0.5, 0.6) is 0 Å². The molecule has 0 bridgehead atoms. The van der Waals surface area contributed by atoms with E-state index in [9.17, 15) is 0 Å². The molecule has 0 saturated carbocycles. The lowest BCUT2D eigenvalue weighted by atomic mass is 10.0. The van der Waals surface area contributed by atoms with E-state index in [-0.39, 0.29) is 6.04 Å². The SMILES string of the molecule is CCc1ccc(CC(N)c2ccc(C)cc2Cl)nc1. The van der Waals surface area contributed by atoms with Crippen LogP contribution in [0.2, 0.25) is 5.02 Å². The van der Waals surface area contributed by atoms with E-state index in [1.165, 1.54) is 5.56 Å². The first kappa shape index (κ1) is 14.0. The molecule has 2 nitrogen and oxygen atoms in total. The Morgan fingerprint density at radius 1 is 1.26 bits per heavy atom. The summed E-state index contributed by atoms with van der Waals surface area (Å²) in [6.07, 6.45) is 3.62. The quantitative estimate of drug-likeness (QED) is 0.920. The molecule has 0 spiro atoms. The van der Waals surface area contributed by atoms with Gasteiger partial charge in [0, 0.05) is 29.4 Å². The van der Waals surface area contributed by atoms with E-state index in [0.717, 1.165) is 28.3 Å². The van der Waals surface area contributed by atoms with Crippen LogP contribution < -0.4 is 5.73 Å². The van der Waals surface area contributed by atoms with Gasteiger partial charge in [-0.25, -0.2) is 0 Å². The molecule has 1 aromatic heterocycles. The Kier molecular flexibility index (Phi) is 4.56. The van der Waals surface area contributed by atoms with Gasteiger partial charge in [0.05, 0.1) is 0 Å². The number of rotatable bonds is 4. The number of pyridine rings is 1. The molecule has 2 N–H and O–H groups in total. The van der Waals surface area contributed by atoms with E-state index < -0.39 is 0 Å². The highest BCUT2D eigenvalue weighted by atomic mass is 35.5. The van der Waals surface area contributed by atoms with Crippen LogP contribution in [0, 0.1) is 6.92 Å². The number of nitrogens with zero attached hydrogens (tertiary/aromatic N) is 1. The van der Waals surface area contributed by atoms with Gasteiger partial charge in [0.25, 0.3) is 0 Å². The van der Waals surface area contributed by atoms with Crippen LogP contribution in [0.15, 0.2) is 36.5 Å². The van der Waals surface area contributed by atoms with E-state index in [0.29, 0.717) is 6.42 Å². The first-order chi connectivity index (χ1) is 9.10. The van der Waals surface area contributed by atoms with Gasteiger partial charge >= 0.3 is 0 Å². The van der Waals surface area contributed by atoms with Crippen molar-refractivity contribution < 1.29 is 0 Å². The monoisotopic (exact) mass is 274 g/mol. The maximum atomic E-state index is 6.24. The zero-order chi connectivity index (χ0) is 13.8. The molecule has 0 amide bonds. The molecule has 0 fully saturated rings. The van der Waals surface area contributed by atoms with E-state index in [1.54, 1.807) is 0 Å². The van der Waals surface area contributed by atoms with Crippen LogP contribution >= 0.6 is 11.6 Å². The Balaban J connectivity index is 2.13. The van der Waals surface area contributed by atoms with Gasteiger partial charge in [-0.3, -0.25) is 4.98 Å². The summed E-state index contributed by atoms with van der Waals surface area (Å²) in [7, 11) is 0. The largest absolute Gasteiger partial charge is 0.324 e. The lowest BCUT2D eigenvalue weighted by Crippen LogP contribution is -2.14. The summed E-state index contributed by atoms with van der Waals surface area (Å²) in [6.45, 7) is 4.14. The molecule has 1 atom stereocenters. The number of halogens is 1. The van der Waals surface area contributed by atoms with Crippen molar-refractivity contribution in [2.45, 2.75) is 32.7 Å². The lowest BCUT2D eigenvalue weighted by molar-refractivity contribution is 0.706. The highest BCUT2D eigenvalue weighted by Crippen LogP contribution is 2.24. The Bertz CT molecular complexity index is 549. The second-order valence-electron chi connectivity index (χ2n) is 4.85. The van der Waals surface area contributed by atoms with Crippen LogP contribution in [0.1, 0.15) is 35.3 Å². The van der Waals surface area contributed by atoms with Gasteiger partial charge in [0.2, 0.25) is 0 Å². The number of nitrogens with two attached hydrogens (primary N) is 1. The van der Waals surface area contributed by atoms with Crippen molar-refractivity contribution >= 4 is 11.6 Å². The highest BCUT2D eigenvalue weighted by Gasteiger charge is 2.11. The topological polar surface area (TPSA) is 38.9 Å². The summed E-state index contributed by atoms with van der Waals surface area (Å²) < 4.78 is 0. The summed E-state index contributed by atoms with van der Waals surface area (Å²) in [5.74, 6) is 0. The molecule has 0 aliphatic rings. The van der Waals surface area contributed by atoms with Crippen LogP contribution in [-0.2, 0) is 12.8 Å². The van der Waals surface area contributed by atoms with Crippen molar-refractivity contribution in [2.75, 3.05) is 0 Å². The van der Waals surface area contributed by atoms with E-state index in [1.807, 2.05) is 37.4 Å². The van der Waals surface area contributed by atoms with Gasteiger partial charge in [-0.15, -0.1) is 0 Å². The third-order valence-corrected chi connectivity index (χ3v) is 3.61. The Hall–Kier alpha value is -1.38. The minimum absolute atomic E-state index is 0.118. The molecule has 2 rings (SSSR count). The fraction of sp³-hybridized carbons (Fsp3) is 0.312. The maximum Gasteiger partial charge on any atom is 0.0456 e. The standard InChI is InChI=1S/C16H19ClN2/c1-3-12-5-6-13(19-10-12)9-16(18)14-7-4-11(2)8-15(14)17/h4-8,10,16H,3,9,18H2,1-2H3. The Morgan fingerprint density at radius 2 is 2.05 bits per heavy atom. The number of benzene rings is 1. The van der Waals surface area contributed by atoms with Crippen LogP contribution in [0.4, 0.5) is 0 Å². The molecule has 1 aromatic carbocycles. The van der Waals surface area contributed by atoms with E-state index >= 15 is 0 Å². The van der Waals surface area contributed by atoms with Crippen molar-refractivity contribution in [1.29, 1.82) is 0 Å². The zero-order valence-electron chi connectivity index (χ0n) is 11.4. The molecular weight excluding hydrogens is 256 g/mol. The molecular formula is C16H19ClN2. The van der Waals surface area contributed by atoms with Crippen LogP contribution in [-0.4, -0.2) is 4.98 Å². The predicted molar refractivity (Wildman–Crippen MR) is 80.4 cm³/mol. The Morgan fingerprint density at radius 3 is 2.63 bits per heavy atom. The molecule has 1 heterocycles. The van der Waals surface area contributed by atoms with Gasteiger partial charge in [-0.1, -0.05) is 36.7 Å². The minimum atomic E-state index is -0.118. The van der Waals surface area contributed by atoms with Gasteiger partial charge in [0.15, 0.2) is 0 Å². The molecule has 2 aromatic rings. The fourth-order valence-electron chi connectivity index (χ4n) is 2.05. The van der Waals surface area contributed by atoms with Crippen molar-refractivity contribution in [3.63, 3.8) is 0 Å². The predicted octanol–water partition coefficient (Wildman–Crippen LogP) is 3.85. The van der Waals surface area contributed by atoms with Gasteiger partial charge < -0.3 is 5.73 Å². The average molecular weight is 275 g/mol. The minimum Gasteiger partial charge on any atom is -0.324 e. The normalized spacial score (nSPS) is 12.4. The second kappa shape index (κ2) is 6.18. The van der Waals surface area contributed by atoms with Crippen molar-refractivity contribution in [2.24, 2.45) is 5.73 Å². The number of hydrogen-bond donors (Lipinski definition) is 1. The zero-order valence-corrected chi connectivity index (χ0v) is 12.1. The summed E-state index contributed by atoms with van der Waals surface area (Å²) in [5, 5.41) is 0.734. The first-order valence-electron chi connectivity index (χ1n) is 6.55. The van der Waals surface area contributed by atoms with Gasteiger partial charge in [-0.2, -0.15) is 0 Å². The molecule has 100 valence electrons. The summed E-state index contributed by atoms with van der Waals surface area (Å²) in [4.78, 5) is 4.44. The molecule has 0 aliphatic heterocycles. The second-order valence-corrected chi connectivity index (χ2v) is 5.25. The molecule has 0 aliphatic carbocycles. The average Bonchev–Trinajstić information content (AvgIpc) is 2.39. The first-order valence-corrected chi connectivity index (χ1v) is 6.93. The molecule has 1 unspecified atom stereocenters. The number of hydrogen-bond acceptors (Lipinski definition) is 2. The molecule has 0 saturated heterocycles. The molecule has 19 heavy (non-hydrogen) atoms. The molecule has 3 heteroatoms. The van der Waals surface area contributed by atoms with Crippen molar-refractivity contribution in [3.05, 3.63) is 63.9 Å². The van der Waals surface area contributed by atoms with Crippen molar-refractivity contribution in [3.8, 4) is 0 Å². The van der Waals surface area contributed by atoms with Crippen molar-refractivity contribution in [1.82, 2.24) is 4.98 Å².